The van der Waals surface area contributed by atoms with Crippen molar-refractivity contribution in [2.24, 2.45) is 5.92 Å². The molecule has 1 atom stereocenters. The van der Waals surface area contributed by atoms with Gasteiger partial charge < -0.3 is 15.5 Å². The largest absolute Gasteiger partial charge is 0.481 e. The molecule has 7 heteroatoms. The van der Waals surface area contributed by atoms with E-state index in [9.17, 15) is 14.3 Å². The molecule has 3 aromatic rings. The van der Waals surface area contributed by atoms with Crippen molar-refractivity contribution in [3.05, 3.63) is 89.2 Å². The second kappa shape index (κ2) is 13.1. The molecular weight excluding hydrogens is 511 g/mol. The Labute approximate surface area is 235 Å². The minimum absolute atomic E-state index is 0.0633. The van der Waals surface area contributed by atoms with Gasteiger partial charge in [-0.15, -0.1) is 0 Å². The van der Waals surface area contributed by atoms with Crippen LogP contribution in [-0.2, 0) is 24.1 Å². The molecule has 0 aliphatic heterocycles. The number of nitrogens with one attached hydrogen (secondary N) is 1. The van der Waals surface area contributed by atoms with Crippen LogP contribution in [0.15, 0.2) is 71.6 Å². The van der Waals surface area contributed by atoms with Crippen molar-refractivity contribution in [2.45, 2.75) is 62.5 Å². The number of benzene rings is 3. The maximum absolute atomic E-state index is 14.5. The van der Waals surface area contributed by atoms with Gasteiger partial charge in [0.2, 0.25) is 0 Å². The van der Waals surface area contributed by atoms with E-state index >= 15 is 0 Å². The number of aliphatic hydroxyl groups is 1. The first-order chi connectivity index (χ1) is 18.6. The molecular formula is C32H39FN2O3S. The van der Waals surface area contributed by atoms with Crippen LogP contribution in [-0.4, -0.2) is 52.3 Å². The second-order valence-corrected chi connectivity index (χ2v) is 12.6. The van der Waals surface area contributed by atoms with E-state index in [0.29, 0.717) is 24.6 Å². The molecule has 1 aliphatic rings. The summed E-state index contributed by atoms with van der Waals surface area (Å²) in [5.41, 5.74) is 4.92. The third-order valence-corrected chi connectivity index (χ3v) is 8.23. The Hall–Kier alpha value is -2.71. The number of halogens is 1. The summed E-state index contributed by atoms with van der Waals surface area (Å²) in [5, 5.41) is 23.2. The first-order valence-corrected chi connectivity index (χ1v) is 14.3. The molecule has 0 saturated carbocycles. The Morgan fingerprint density at radius 1 is 1.08 bits per heavy atom. The molecule has 4 rings (SSSR count). The number of fused-ring (bicyclic) bond motifs is 1. The van der Waals surface area contributed by atoms with Crippen LogP contribution >= 0.6 is 11.9 Å². The zero-order chi connectivity index (χ0) is 28.0. The number of hydrogen-bond donors (Lipinski definition) is 3. The maximum atomic E-state index is 14.5. The van der Waals surface area contributed by atoms with Crippen molar-refractivity contribution in [1.82, 2.24) is 9.62 Å². The number of carboxylic acid groups (broad SMARTS) is 1. The summed E-state index contributed by atoms with van der Waals surface area (Å²) < 4.78 is 16.5. The quantitative estimate of drug-likeness (QED) is 0.227. The van der Waals surface area contributed by atoms with Crippen LogP contribution in [0, 0.1) is 11.7 Å². The lowest BCUT2D eigenvalue weighted by Gasteiger charge is -2.31. The summed E-state index contributed by atoms with van der Waals surface area (Å²) in [4.78, 5) is 11.8. The van der Waals surface area contributed by atoms with Crippen molar-refractivity contribution in [3.63, 3.8) is 0 Å². The number of likely N-dealkylation sites (N-methyl/N-ethyl adjacent to an activating group) is 1. The Morgan fingerprint density at radius 2 is 1.77 bits per heavy atom. The topological polar surface area (TPSA) is 72.8 Å². The van der Waals surface area contributed by atoms with Crippen molar-refractivity contribution in [1.29, 1.82) is 0 Å². The second-order valence-electron chi connectivity index (χ2n) is 11.3. The minimum Gasteiger partial charge on any atom is -0.481 e. The number of rotatable bonds is 13. The monoisotopic (exact) mass is 550 g/mol. The van der Waals surface area contributed by atoms with Crippen LogP contribution in [0.2, 0.25) is 0 Å². The highest BCUT2D eigenvalue weighted by atomic mass is 32.2. The number of hydrogen-bond acceptors (Lipinski definition) is 5. The van der Waals surface area contributed by atoms with Gasteiger partial charge in [0.25, 0.3) is 0 Å². The van der Waals surface area contributed by atoms with Gasteiger partial charge in [-0.25, -0.2) is 8.70 Å². The molecule has 1 aliphatic carbocycles. The zero-order valence-corrected chi connectivity index (χ0v) is 23.8. The molecule has 0 bridgehead atoms. The summed E-state index contributed by atoms with van der Waals surface area (Å²) >= 11 is 1.54. The van der Waals surface area contributed by atoms with Gasteiger partial charge in [-0.2, -0.15) is 0 Å². The molecule has 0 heterocycles. The van der Waals surface area contributed by atoms with Crippen molar-refractivity contribution < 1.29 is 19.4 Å². The average molecular weight is 551 g/mol. The summed E-state index contributed by atoms with van der Waals surface area (Å²) in [6.45, 7) is 5.45. The number of aliphatic hydroxyl groups excluding tert-OH is 1. The number of carbonyl (C=O) groups is 1. The van der Waals surface area contributed by atoms with Gasteiger partial charge in [-0.3, -0.25) is 4.79 Å². The molecule has 0 radical (unpaired) electrons. The SMILES string of the molecule is CN(C[C@H](O)CNC(C)(C)CC1Cc2ccccc2C1)Sc1cccc(-c2ccc(CCC(=O)O)c(F)c2)c1. The smallest absolute Gasteiger partial charge is 0.303 e. The predicted molar refractivity (Wildman–Crippen MR) is 156 cm³/mol. The van der Waals surface area contributed by atoms with E-state index in [2.05, 4.69) is 43.4 Å². The molecule has 0 saturated heterocycles. The predicted octanol–water partition coefficient (Wildman–Crippen LogP) is 5.98. The van der Waals surface area contributed by atoms with Gasteiger partial charge in [0.05, 0.1) is 6.10 Å². The van der Waals surface area contributed by atoms with E-state index in [1.54, 1.807) is 6.07 Å². The lowest BCUT2D eigenvalue weighted by molar-refractivity contribution is -0.136. The van der Waals surface area contributed by atoms with Gasteiger partial charge in [-0.1, -0.05) is 48.5 Å². The van der Waals surface area contributed by atoms with Crippen LogP contribution in [0.4, 0.5) is 4.39 Å². The Kier molecular flexibility index (Phi) is 9.83. The highest BCUT2D eigenvalue weighted by Gasteiger charge is 2.28. The third kappa shape index (κ3) is 8.64. The van der Waals surface area contributed by atoms with E-state index in [4.69, 9.17) is 5.11 Å². The molecule has 5 nitrogen and oxygen atoms in total. The fourth-order valence-electron chi connectivity index (χ4n) is 5.46. The average Bonchev–Trinajstić information content (AvgIpc) is 3.28. The summed E-state index contributed by atoms with van der Waals surface area (Å²) in [5.74, 6) is -0.700. The minimum atomic E-state index is -0.938. The van der Waals surface area contributed by atoms with E-state index in [1.807, 2.05) is 41.7 Å². The van der Waals surface area contributed by atoms with Crippen molar-refractivity contribution in [2.75, 3.05) is 20.1 Å². The lowest BCUT2D eigenvalue weighted by Crippen LogP contribution is -2.46. The highest BCUT2D eigenvalue weighted by molar-refractivity contribution is 7.97. The number of aryl methyl sites for hydroxylation is 1. The van der Waals surface area contributed by atoms with E-state index in [0.717, 1.165) is 35.3 Å². The van der Waals surface area contributed by atoms with Crippen LogP contribution in [0.3, 0.4) is 0 Å². The molecule has 3 N–H and O–H groups in total. The molecule has 39 heavy (non-hydrogen) atoms. The first-order valence-electron chi connectivity index (χ1n) is 13.6. The van der Waals surface area contributed by atoms with Gasteiger partial charge in [0.15, 0.2) is 0 Å². The van der Waals surface area contributed by atoms with Crippen molar-refractivity contribution >= 4 is 17.9 Å². The molecule has 3 aromatic carbocycles. The first kappa shape index (κ1) is 29.3. The number of carboxylic acids is 1. The Balaban J connectivity index is 1.25. The Bertz CT molecular complexity index is 1260. The third-order valence-electron chi connectivity index (χ3n) is 7.31. The number of aliphatic carboxylic acids is 1. The van der Waals surface area contributed by atoms with E-state index in [-0.39, 0.29) is 24.2 Å². The Morgan fingerprint density at radius 3 is 2.44 bits per heavy atom. The zero-order valence-electron chi connectivity index (χ0n) is 23.0. The van der Waals surface area contributed by atoms with Gasteiger partial charge in [-0.05, 0) is 110 Å². The fourth-order valence-corrected chi connectivity index (χ4v) is 6.39. The normalized spacial score (nSPS) is 14.5. The number of nitrogens with zero attached hydrogens (tertiary/aromatic N) is 1. The number of β-amino-alcohol motifs (C(OH)–C–C–N with tert-alkyl or cyclic N) is 1. The fraction of sp³-hybridized carbons (Fsp3) is 0.406. The van der Waals surface area contributed by atoms with E-state index < -0.39 is 12.1 Å². The molecule has 0 amide bonds. The molecule has 0 unspecified atom stereocenters. The summed E-state index contributed by atoms with van der Waals surface area (Å²) in [7, 11) is 1.96. The molecule has 0 aromatic heterocycles. The van der Waals surface area contributed by atoms with E-state index in [1.165, 1.54) is 29.1 Å². The van der Waals surface area contributed by atoms with Crippen LogP contribution in [0.25, 0.3) is 11.1 Å². The van der Waals surface area contributed by atoms with Crippen LogP contribution in [0.1, 0.15) is 43.4 Å². The van der Waals surface area contributed by atoms with Crippen LogP contribution < -0.4 is 5.32 Å². The van der Waals surface area contributed by atoms with Gasteiger partial charge in [0.1, 0.15) is 5.82 Å². The highest BCUT2D eigenvalue weighted by Crippen LogP contribution is 2.32. The van der Waals surface area contributed by atoms with Gasteiger partial charge >= 0.3 is 5.97 Å². The lowest BCUT2D eigenvalue weighted by atomic mass is 9.88. The summed E-state index contributed by atoms with van der Waals surface area (Å²) in [6.07, 6.45) is 2.88. The van der Waals surface area contributed by atoms with Crippen molar-refractivity contribution in [3.8, 4) is 11.1 Å². The maximum Gasteiger partial charge on any atom is 0.303 e. The molecule has 0 spiro atoms. The molecule has 208 valence electrons. The standard InChI is InChI=1S/C32H39FN2O3S/c1-32(2,19-22-15-24-7-4-5-8-25(24)16-22)34-20-28(36)21-35(3)39-29-10-6-9-26(17-29)27-12-11-23(30(33)18-27)13-14-31(37)38/h4-12,17-18,22,28,34,36H,13-16,19-21H2,1-3H3,(H,37,38)/t28-/m1/s1. The van der Waals surface area contributed by atoms with Gasteiger partial charge in [0, 0.05) is 29.9 Å². The summed E-state index contributed by atoms with van der Waals surface area (Å²) in [6, 6.07) is 21.5. The molecule has 0 fully saturated rings. The van der Waals surface area contributed by atoms with Crippen LogP contribution in [0.5, 0.6) is 0 Å².